The van der Waals surface area contributed by atoms with Gasteiger partial charge in [-0.05, 0) is 24.6 Å². The van der Waals surface area contributed by atoms with E-state index in [-0.39, 0.29) is 11.9 Å². The Morgan fingerprint density at radius 3 is 3.00 bits per heavy atom. The number of nitrogens with one attached hydrogen (secondary N) is 1. The topological polar surface area (TPSA) is 70.6 Å². The maximum absolute atomic E-state index is 8.43. The van der Waals surface area contributed by atoms with Gasteiger partial charge in [-0.15, -0.1) is 0 Å². The summed E-state index contributed by atoms with van der Waals surface area (Å²) in [5.74, 6) is 0.245. The maximum Gasteiger partial charge on any atom is 0.140 e. The van der Waals surface area contributed by atoms with Crippen LogP contribution >= 0.6 is 15.9 Å². The smallest absolute Gasteiger partial charge is 0.140 e. The van der Waals surface area contributed by atoms with Crippen LogP contribution in [0.25, 0.3) is 0 Å². The molecule has 0 aromatic heterocycles. The standard InChI is InChI=1S/C11H16BrN3O/c1-8(5-11(13)15-16)14-7-9-3-2-4-10(12)6-9/h2-4,6,8,14,16H,5,7H2,1H3,(H2,13,15). The van der Waals surface area contributed by atoms with E-state index in [1.807, 2.05) is 25.1 Å². The molecular formula is C11H16BrN3O. The van der Waals surface area contributed by atoms with Gasteiger partial charge in [-0.2, -0.15) is 0 Å². The van der Waals surface area contributed by atoms with E-state index in [0.29, 0.717) is 6.42 Å². The third-order valence-corrected chi connectivity index (χ3v) is 2.68. The minimum absolute atomic E-state index is 0.176. The predicted octanol–water partition coefficient (Wildman–Crippen LogP) is 2.06. The lowest BCUT2D eigenvalue weighted by Gasteiger charge is -2.12. The first-order valence-corrected chi connectivity index (χ1v) is 5.85. The molecule has 0 radical (unpaired) electrons. The molecule has 4 N–H and O–H groups in total. The zero-order chi connectivity index (χ0) is 12.0. The number of hydrogen-bond donors (Lipinski definition) is 3. The monoisotopic (exact) mass is 285 g/mol. The minimum Gasteiger partial charge on any atom is -0.409 e. The van der Waals surface area contributed by atoms with Gasteiger partial charge < -0.3 is 16.3 Å². The molecule has 0 aliphatic heterocycles. The number of amidine groups is 1. The summed E-state index contributed by atoms with van der Waals surface area (Å²) in [5.41, 5.74) is 6.61. The fraction of sp³-hybridized carbons (Fsp3) is 0.364. The molecule has 0 spiro atoms. The molecule has 0 saturated carbocycles. The predicted molar refractivity (Wildman–Crippen MR) is 68.5 cm³/mol. The van der Waals surface area contributed by atoms with Crippen LogP contribution in [0.3, 0.4) is 0 Å². The minimum atomic E-state index is 0.176. The molecule has 0 aliphatic carbocycles. The molecule has 1 aromatic carbocycles. The molecule has 4 nitrogen and oxygen atoms in total. The van der Waals surface area contributed by atoms with Crippen molar-refractivity contribution in [2.75, 3.05) is 0 Å². The second-order valence-corrected chi connectivity index (χ2v) is 4.62. The molecule has 0 fully saturated rings. The van der Waals surface area contributed by atoms with Gasteiger partial charge in [0.25, 0.3) is 0 Å². The average molecular weight is 286 g/mol. The van der Waals surface area contributed by atoms with Crippen LogP contribution < -0.4 is 11.1 Å². The van der Waals surface area contributed by atoms with Gasteiger partial charge in [0.2, 0.25) is 0 Å². The normalized spacial score (nSPS) is 13.8. The molecule has 1 atom stereocenters. The molecule has 88 valence electrons. The van der Waals surface area contributed by atoms with Crippen molar-refractivity contribution in [1.82, 2.24) is 5.32 Å². The van der Waals surface area contributed by atoms with E-state index in [4.69, 9.17) is 10.9 Å². The second-order valence-electron chi connectivity index (χ2n) is 3.71. The Morgan fingerprint density at radius 1 is 1.62 bits per heavy atom. The van der Waals surface area contributed by atoms with Crippen molar-refractivity contribution in [2.24, 2.45) is 10.9 Å². The van der Waals surface area contributed by atoms with Gasteiger partial charge in [0, 0.05) is 23.5 Å². The fourth-order valence-electron chi connectivity index (χ4n) is 1.37. The molecule has 0 heterocycles. The van der Waals surface area contributed by atoms with Crippen LogP contribution in [0.1, 0.15) is 18.9 Å². The van der Waals surface area contributed by atoms with Crippen LogP contribution in [-0.4, -0.2) is 17.1 Å². The summed E-state index contributed by atoms with van der Waals surface area (Å²) in [6, 6.07) is 8.27. The summed E-state index contributed by atoms with van der Waals surface area (Å²) < 4.78 is 1.07. The van der Waals surface area contributed by atoms with Crippen molar-refractivity contribution in [3.05, 3.63) is 34.3 Å². The number of hydrogen-bond acceptors (Lipinski definition) is 3. The molecule has 0 bridgehead atoms. The summed E-state index contributed by atoms with van der Waals surface area (Å²) in [6.07, 6.45) is 0.532. The van der Waals surface area contributed by atoms with Gasteiger partial charge in [0.1, 0.15) is 5.84 Å². The first-order valence-electron chi connectivity index (χ1n) is 5.06. The van der Waals surface area contributed by atoms with Crippen molar-refractivity contribution in [1.29, 1.82) is 0 Å². The zero-order valence-electron chi connectivity index (χ0n) is 9.15. The van der Waals surface area contributed by atoms with E-state index in [2.05, 4.69) is 32.5 Å². The lowest BCUT2D eigenvalue weighted by Crippen LogP contribution is -2.30. The number of nitrogens with two attached hydrogens (primary N) is 1. The number of halogens is 1. The Bertz CT molecular complexity index is 368. The lowest BCUT2D eigenvalue weighted by molar-refractivity contribution is 0.316. The highest BCUT2D eigenvalue weighted by atomic mass is 79.9. The quantitative estimate of drug-likeness (QED) is 0.336. The van der Waals surface area contributed by atoms with Gasteiger partial charge in [-0.25, -0.2) is 0 Å². The molecule has 1 unspecified atom stereocenters. The van der Waals surface area contributed by atoms with E-state index in [0.717, 1.165) is 11.0 Å². The molecule has 0 amide bonds. The Kier molecular flexibility index (Phi) is 5.28. The second kappa shape index (κ2) is 6.50. The first kappa shape index (κ1) is 13.0. The average Bonchev–Trinajstić information content (AvgIpc) is 2.26. The Hall–Kier alpha value is -1.07. The first-order chi connectivity index (χ1) is 7.61. The summed E-state index contributed by atoms with van der Waals surface area (Å²) in [5, 5.41) is 14.7. The van der Waals surface area contributed by atoms with Crippen LogP contribution in [-0.2, 0) is 6.54 Å². The van der Waals surface area contributed by atoms with Crippen LogP contribution in [0.15, 0.2) is 33.9 Å². The largest absolute Gasteiger partial charge is 0.409 e. The number of nitrogens with zero attached hydrogens (tertiary/aromatic N) is 1. The molecular weight excluding hydrogens is 270 g/mol. The zero-order valence-corrected chi connectivity index (χ0v) is 10.7. The summed E-state index contributed by atoms with van der Waals surface area (Å²) in [7, 11) is 0. The third-order valence-electron chi connectivity index (χ3n) is 2.19. The van der Waals surface area contributed by atoms with Crippen molar-refractivity contribution in [2.45, 2.75) is 25.9 Å². The lowest BCUT2D eigenvalue weighted by atomic mass is 10.2. The molecule has 0 aliphatic rings. The maximum atomic E-state index is 8.43. The van der Waals surface area contributed by atoms with Gasteiger partial charge in [0.15, 0.2) is 0 Å². The van der Waals surface area contributed by atoms with Crippen LogP contribution in [0.4, 0.5) is 0 Å². The highest BCUT2D eigenvalue weighted by molar-refractivity contribution is 9.10. The van der Waals surface area contributed by atoms with E-state index in [1.165, 1.54) is 5.56 Å². The van der Waals surface area contributed by atoms with Crippen LogP contribution in [0, 0.1) is 0 Å². The summed E-state index contributed by atoms with van der Waals surface area (Å²) in [6.45, 7) is 2.76. The van der Waals surface area contributed by atoms with E-state index in [1.54, 1.807) is 0 Å². The van der Waals surface area contributed by atoms with E-state index in [9.17, 15) is 0 Å². The van der Waals surface area contributed by atoms with Gasteiger partial charge >= 0.3 is 0 Å². The molecule has 5 heteroatoms. The molecule has 1 rings (SSSR count). The number of oxime groups is 1. The van der Waals surface area contributed by atoms with Crippen molar-refractivity contribution in [3.8, 4) is 0 Å². The van der Waals surface area contributed by atoms with Crippen molar-refractivity contribution < 1.29 is 5.21 Å². The Morgan fingerprint density at radius 2 is 2.38 bits per heavy atom. The highest BCUT2D eigenvalue weighted by Crippen LogP contribution is 2.11. The number of rotatable bonds is 5. The van der Waals surface area contributed by atoms with Crippen molar-refractivity contribution >= 4 is 21.8 Å². The van der Waals surface area contributed by atoms with Gasteiger partial charge in [0.05, 0.1) is 0 Å². The van der Waals surface area contributed by atoms with E-state index < -0.39 is 0 Å². The van der Waals surface area contributed by atoms with E-state index >= 15 is 0 Å². The number of benzene rings is 1. The molecule has 16 heavy (non-hydrogen) atoms. The SMILES string of the molecule is CC(CC(N)=NO)NCc1cccc(Br)c1. The third kappa shape index (κ3) is 4.63. The Balaban J connectivity index is 2.40. The van der Waals surface area contributed by atoms with Gasteiger partial charge in [-0.1, -0.05) is 33.2 Å². The Labute approximate surface area is 104 Å². The van der Waals surface area contributed by atoms with Crippen molar-refractivity contribution in [3.63, 3.8) is 0 Å². The molecule has 1 aromatic rings. The highest BCUT2D eigenvalue weighted by Gasteiger charge is 2.04. The summed E-state index contributed by atoms with van der Waals surface area (Å²) >= 11 is 3.42. The fourth-order valence-corrected chi connectivity index (χ4v) is 1.81. The molecule has 0 saturated heterocycles. The van der Waals surface area contributed by atoms with Crippen LogP contribution in [0.2, 0.25) is 0 Å². The van der Waals surface area contributed by atoms with Gasteiger partial charge in [-0.3, -0.25) is 0 Å². The van der Waals surface area contributed by atoms with Crippen LogP contribution in [0.5, 0.6) is 0 Å². The summed E-state index contributed by atoms with van der Waals surface area (Å²) in [4.78, 5) is 0.